The van der Waals surface area contributed by atoms with Crippen LogP contribution in [-0.2, 0) is 0 Å². The van der Waals surface area contributed by atoms with Crippen molar-refractivity contribution in [3.8, 4) is 5.75 Å². The highest BCUT2D eigenvalue weighted by atomic mass is 32.2. The zero-order valence-electron chi connectivity index (χ0n) is 12.8. The third kappa shape index (κ3) is 5.07. The first-order chi connectivity index (χ1) is 11.9. The highest BCUT2D eigenvalue weighted by Gasteiger charge is 2.00. The van der Waals surface area contributed by atoms with Crippen molar-refractivity contribution in [2.45, 2.75) is 5.16 Å². The number of thioether (sulfide) groups is 1. The van der Waals surface area contributed by atoms with E-state index >= 15 is 0 Å². The maximum atomic E-state index is 5.87. The molecule has 0 N–H and O–H groups in total. The standard InChI is InChI=1S/C19H15N3OS/c1-3-8-16(9-4-1)22-18(23-17-10-5-2-6-11-17)12-15-24-19-20-13-7-14-21-19/h1-15H. The second-order valence-corrected chi connectivity index (χ2v) is 5.53. The van der Waals surface area contributed by atoms with Crippen LogP contribution in [0.5, 0.6) is 5.75 Å². The molecule has 5 heteroatoms. The molecule has 0 atom stereocenters. The molecule has 3 aromatic rings. The van der Waals surface area contributed by atoms with E-state index in [9.17, 15) is 0 Å². The maximum absolute atomic E-state index is 5.87. The van der Waals surface area contributed by atoms with Crippen molar-refractivity contribution in [3.05, 3.63) is 90.6 Å². The fraction of sp³-hybridized carbons (Fsp3) is 0. The molecular weight excluding hydrogens is 318 g/mol. The molecular formula is C19H15N3OS. The zero-order chi connectivity index (χ0) is 16.5. The van der Waals surface area contributed by atoms with Crippen LogP contribution in [0.25, 0.3) is 0 Å². The van der Waals surface area contributed by atoms with Crippen LogP contribution in [0.15, 0.2) is 101 Å². The number of hydrogen-bond acceptors (Lipinski definition) is 5. The van der Waals surface area contributed by atoms with Gasteiger partial charge >= 0.3 is 0 Å². The molecule has 0 saturated carbocycles. The van der Waals surface area contributed by atoms with E-state index in [1.807, 2.05) is 66.1 Å². The Hall–Kier alpha value is -2.92. The summed E-state index contributed by atoms with van der Waals surface area (Å²) in [4.78, 5) is 12.9. The van der Waals surface area contributed by atoms with Gasteiger partial charge in [0.25, 0.3) is 0 Å². The summed E-state index contributed by atoms with van der Waals surface area (Å²) in [5.74, 6) is 1.23. The third-order valence-corrected chi connectivity index (χ3v) is 3.58. The van der Waals surface area contributed by atoms with Gasteiger partial charge < -0.3 is 4.74 Å². The minimum Gasteiger partial charge on any atom is -0.439 e. The fourth-order valence-electron chi connectivity index (χ4n) is 1.83. The first-order valence-corrected chi connectivity index (χ1v) is 8.25. The lowest BCUT2D eigenvalue weighted by molar-refractivity contribution is 0.556. The summed E-state index contributed by atoms with van der Waals surface area (Å²) in [5.41, 5.74) is 0.828. The van der Waals surface area contributed by atoms with Crippen LogP contribution in [-0.4, -0.2) is 15.9 Å². The summed E-state index contributed by atoms with van der Waals surface area (Å²) in [7, 11) is 0. The van der Waals surface area contributed by atoms with Crippen LogP contribution in [0.3, 0.4) is 0 Å². The molecule has 1 aromatic heterocycles. The second kappa shape index (κ2) is 8.64. The summed E-state index contributed by atoms with van der Waals surface area (Å²) < 4.78 is 5.87. The van der Waals surface area contributed by atoms with E-state index in [1.54, 1.807) is 24.5 Å². The monoisotopic (exact) mass is 333 g/mol. The lowest BCUT2D eigenvalue weighted by atomic mass is 10.3. The topological polar surface area (TPSA) is 47.4 Å². The molecule has 0 aliphatic carbocycles. The van der Waals surface area contributed by atoms with Crippen molar-refractivity contribution < 1.29 is 4.74 Å². The molecule has 0 saturated heterocycles. The molecule has 0 amide bonds. The number of para-hydroxylation sites is 2. The van der Waals surface area contributed by atoms with Gasteiger partial charge in [-0.05, 0) is 35.7 Å². The Morgan fingerprint density at radius 1 is 0.875 bits per heavy atom. The molecule has 0 spiro atoms. The predicted molar refractivity (Wildman–Crippen MR) is 97.6 cm³/mol. The molecule has 118 valence electrons. The van der Waals surface area contributed by atoms with Crippen molar-refractivity contribution >= 4 is 23.3 Å². The normalized spacial score (nSPS) is 11.6. The minimum absolute atomic E-state index is 0.496. The van der Waals surface area contributed by atoms with E-state index < -0.39 is 0 Å². The van der Waals surface area contributed by atoms with Gasteiger partial charge in [-0.1, -0.05) is 48.2 Å². The number of hydrogen-bond donors (Lipinski definition) is 0. The molecule has 3 rings (SSSR count). The van der Waals surface area contributed by atoms with Crippen molar-refractivity contribution in [2.24, 2.45) is 4.99 Å². The zero-order valence-corrected chi connectivity index (χ0v) is 13.6. The van der Waals surface area contributed by atoms with Crippen molar-refractivity contribution in [1.29, 1.82) is 0 Å². The largest absolute Gasteiger partial charge is 0.439 e. The van der Waals surface area contributed by atoms with Gasteiger partial charge in [0.2, 0.25) is 5.90 Å². The third-order valence-electron chi connectivity index (χ3n) is 2.89. The average Bonchev–Trinajstić information content (AvgIpc) is 2.64. The van der Waals surface area contributed by atoms with Crippen molar-refractivity contribution in [3.63, 3.8) is 0 Å². The maximum Gasteiger partial charge on any atom is 0.220 e. The summed E-state index contributed by atoms with van der Waals surface area (Å²) >= 11 is 1.41. The number of aliphatic imine (C=N–C) groups is 1. The van der Waals surface area contributed by atoms with Crippen LogP contribution in [0, 0.1) is 0 Å². The van der Waals surface area contributed by atoms with E-state index in [1.165, 1.54) is 11.8 Å². The second-order valence-electron chi connectivity index (χ2n) is 4.65. The number of nitrogens with zero attached hydrogens (tertiary/aromatic N) is 3. The summed E-state index contributed by atoms with van der Waals surface area (Å²) in [6.07, 6.45) is 5.23. The average molecular weight is 333 g/mol. The lowest BCUT2D eigenvalue weighted by Gasteiger charge is -2.05. The molecule has 4 nitrogen and oxygen atoms in total. The fourth-order valence-corrected chi connectivity index (χ4v) is 2.38. The van der Waals surface area contributed by atoms with Crippen molar-refractivity contribution in [2.75, 3.05) is 0 Å². The molecule has 2 aromatic carbocycles. The molecule has 0 bridgehead atoms. The number of aromatic nitrogens is 2. The van der Waals surface area contributed by atoms with E-state index in [0.29, 0.717) is 11.1 Å². The minimum atomic E-state index is 0.496. The van der Waals surface area contributed by atoms with Crippen LogP contribution in [0.2, 0.25) is 0 Å². The molecule has 24 heavy (non-hydrogen) atoms. The van der Waals surface area contributed by atoms with Gasteiger partial charge in [0.1, 0.15) is 5.75 Å². The first kappa shape index (κ1) is 16.0. The number of benzene rings is 2. The quantitative estimate of drug-likeness (QED) is 0.289. The van der Waals surface area contributed by atoms with Gasteiger partial charge in [-0.2, -0.15) is 0 Å². The smallest absolute Gasteiger partial charge is 0.220 e. The lowest BCUT2D eigenvalue weighted by Crippen LogP contribution is -2.04. The van der Waals surface area contributed by atoms with E-state index in [4.69, 9.17) is 4.74 Å². The summed E-state index contributed by atoms with van der Waals surface area (Å²) in [5, 5.41) is 2.53. The van der Waals surface area contributed by atoms with E-state index in [-0.39, 0.29) is 0 Å². The molecule has 0 unspecified atom stereocenters. The predicted octanol–water partition coefficient (Wildman–Crippen LogP) is 4.89. The van der Waals surface area contributed by atoms with Crippen LogP contribution in [0.4, 0.5) is 5.69 Å². The molecule has 0 radical (unpaired) electrons. The van der Waals surface area contributed by atoms with Crippen LogP contribution in [0.1, 0.15) is 0 Å². The number of ether oxygens (including phenoxy) is 1. The highest BCUT2D eigenvalue weighted by molar-refractivity contribution is 8.02. The Kier molecular flexibility index (Phi) is 5.75. The Bertz CT molecular complexity index is 806. The SMILES string of the molecule is C(=CC(=Nc1ccccc1)Oc1ccccc1)Sc1ncccn1. The van der Waals surface area contributed by atoms with Gasteiger partial charge in [0.15, 0.2) is 5.16 Å². The van der Waals surface area contributed by atoms with Gasteiger partial charge in [-0.15, -0.1) is 0 Å². The van der Waals surface area contributed by atoms with Gasteiger partial charge in [-0.25, -0.2) is 15.0 Å². The summed E-state index contributed by atoms with van der Waals surface area (Å²) in [6, 6.07) is 21.0. The summed E-state index contributed by atoms with van der Waals surface area (Å²) in [6.45, 7) is 0. The van der Waals surface area contributed by atoms with Gasteiger partial charge in [-0.3, -0.25) is 0 Å². The Morgan fingerprint density at radius 3 is 2.25 bits per heavy atom. The molecule has 0 aliphatic heterocycles. The molecule has 1 heterocycles. The number of rotatable bonds is 5. The first-order valence-electron chi connectivity index (χ1n) is 7.37. The molecule has 0 aliphatic rings. The Morgan fingerprint density at radius 2 is 1.54 bits per heavy atom. The van der Waals surface area contributed by atoms with Gasteiger partial charge in [0.05, 0.1) is 5.69 Å². The molecule has 0 fully saturated rings. The Balaban J connectivity index is 1.78. The van der Waals surface area contributed by atoms with Crippen LogP contribution < -0.4 is 4.74 Å². The Labute approximate surface area is 145 Å². The van der Waals surface area contributed by atoms with Crippen molar-refractivity contribution in [1.82, 2.24) is 9.97 Å². The van der Waals surface area contributed by atoms with Gasteiger partial charge in [0, 0.05) is 18.5 Å². The van der Waals surface area contributed by atoms with Crippen LogP contribution >= 0.6 is 11.8 Å². The highest BCUT2D eigenvalue weighted by Crippen LogP contribution is 2.17. The van der Waals surface area contributed by atoms with E-state index in [2.05, 4.69) is 15.0 Å². The van der Waals surface area contributed by atoms with E-state index in [0.717, 1.165) is 11.4 Å².